The van der Waals surface area contributed by atoms with Crippen molar-refractivity contribution in [1.29, 1.82) is 0 Å². The Morgan fingerprint density at radius 1 is 1.45 bits per heavy atom. The molecule has 1 aliphatic carbocycles. The Morgan fingerprint density at radius 3 is 2.65 bits per heavy atom. The molecule has 1 aromatic carbocycles. The number of nitrogen functional groups attached to an aromatic ring is 1. The molecule has 0 bridgehead atoms. The number of benzene rings is 1. The minimum Gasteiger partial charge on any atom is -0.398 e. The van der Waals surface area contributed by atoms with Crippen LogP contribution in [0.2, 0.25) is 0 Å². The molecule has 7 heteroatoms. The molecule has 0 unspecified atom stereocenters. The van der Waals surface area contributed by atoms with Crippen LogP contribution in [0, 0.1) is 12.3 Å². The molecule has 0 aliphatic heterocycles. The normalized spacial score (nSPS) is 17.1. The van der Waals surface area contributed by atoms with Gasteiger partial charge >= 0.3 is 0 Å². The fourth-order valence-electron chi connectivity index (χ4n) is 2.21. The Kier molecular flexibility index (Phi) is 4.44. The SMILES string of the molecule is Cc1c(N)cc(Br)cc1S(=O)(=O)NCC1(CCO)CC1. The molecular weight excluding hydrogens is 344 g/mol. The van der Waals surface area contributed by atoms with E-state index in [2.05, 4.69) is 20.7 Å². The van der Waals surface area contributed by atoms with Gasteiger partial charge in [-0.15, -0.1) is 0 Å². The average Bonchev–Trinajstić information content (AvgIpc) is 3.12. The second-order valence-corrected chi connectivity index (χ2v) is 8.07. The molecule has 0 amide bonds. The van der Waals surface area contributed by atoms with E-state index in [0.29, 0.717) is 28.7 Å². The van der Waals surface area contributed by atoms with Gasteiger partial charge in [0.2, 0.25) is 10.0 Å². The molecule has 1 fully saturated rings. The zero-order valence-corrected chi connectivity index (χ0v) is 13.7. The Hall–Kier alpha value is -0.630. The molecule has 0 spiro atoms. The van der Waals surface area contributed by atoms with Gasteiger partial charge in [-0.1, -0.05) is 15.9 Å². The molecule has 2 rings (SSSR count). The first-order chi connectivity index (χ1) is 9.30. The van der Waals surface area contributed by atoms with Gasteiger partial charge in [-0.3, -0.25) is 0 Å². The number of nitrogens with one attached hydrogen (secondary N) is 1. The van der Waals surface area contributed by atoms with Crippen molar-refractivity contribution in [2.24, 2.45) is 5.41 Å². The van der Waals surface area contributed by atoms with Crippen LogP contribution in [0.4, 0.5) is 5.69 Å². The van der Waals surface area contributed by atoms with Crippen molar-refractivity contribution in [3.63, 3.8) is 0 Å². The third-order valence-electron chi connectivity index (χ3n) is 3.89. The summed E-state index contributed by atoms with van der Waals surface area (Å²) in [5.74, 6) is 0. The van der Waals surface area contributed by atoms with Gasteiger partial charge in [0.05, 0.1) is 4.90 Å². The van der Waals surface area contributed by atoms with Crippen molar-refractivity contribution in [3.05, 3.63) is 22.2 Å². The molecule has 0 radical (unpaired) electrons. The summed E-state index contributed by atoms with van der Waals surface area (Å²) in [6.45, 7) is 2.14. The number of aliphatic hydroxyl groups excluding tert-OH is 1. The molecular formula is C13H19BrN2O3S. The highest BCUT2D eigenvalue weighted by molar-refractivity contribution is 9.10. The quantitative estimate of drug-likeness (QED) is 0.672. The first-order valence-corrected chi connectivity index (χ1v) is 8.73. The van der Waals surface area contributed by atoms with E-state index in [1.807, 2.05) is 0 Å². The van der Waals surface area contributed by atoms with Crippen LogP contribution < -0.4 is 10.5 Å². The average molecular weight is 363 g/mol. The molecule has 1 aliphatic rings. The molecule has 0 heterocycles. The fraction of sp³-hybridized carbons (Fsp3) is 0.538. The maximum Gasteiger partial charge on any atom is 0.240 e. The number of sulfonamides is 1. The third-order valence-corrected chi connectivity index (χ3v) is 5.88. The summed E-state index contributed by atoms with van der Waals surface area (Å²) in [4.78, 5) is 0.198. The molecule has 1 saturated carbocycles. The smallest absolute Gasteiger partial charge is 0.240 e. The number of aliphatic hydroxyl groups is 1. The van der Waals surface area contributed by atoms with Crippen LogP contribution in [0.25, 0.3) is 0 Å². The van der Waals surface area contributed by atoms with Crippen molar-refractivity contribution in [2.75, 3.05) is 18.9 Å². The van der Waals surface area contributed by atoms with Crippen molar-refractivity contribution in [2.45, 2.75) is 31.1 Å². The van der Waals surface area contributed by atoms with E-state index in [-0.39, 0.29) is 16.9 Å². The fourth-order valence-corrected chi connectivity index (χ4v) is 4.29. The minimum atomic E-state index is -3.59. The monoisotopic (exact) mass is 362 g/mol. The molecule has 112 valence electrons. The molecule has 5 nitrogen and oxygen atoms in total. The van der Waals surface area contributed by atoms with Gasteiger partial charge in [-0.25, -0.2) is 13.1 Å². The summed E-state index contributed by atoms with van der Waals surface area (Å²) in [7, 11) is -3.59. The Morgan fingerprint density at radius 2 is 2.10 bits per heavy atom. The summed E-state index contributed by atoms with van der Waals surface area (Å²) < 4.78 is 28.1. The minimum absolute atomic E-state index is 0.0622. The first kappa shape index (κ1) is 15.8. The van der Waals surface area contributed by atoms with Crippen molar-refractivity contribution < 1.29 is 13.5 Å². The number of hydrogen-bond donors (Lipinski definition) is 3. The van der Waals surface area contributed by atoms with E-state index >= 15 is 0 Å². The second kappa shape index (κ2) is 5.63. The zero-order chi connectivity index (χ0) is 15.0. The summed E-state index contributed by atoms with van der Waals surface area (Å²) >= 11 is 3.26. The third kappa shape index (κ3) is 3.33. The van der Waals surface area contributed by atoms with Gasteiger partial charge in [0.15, 0.2) is 0 Å². The summed E-state index contributed by atoms with van der Waals surface area (Å²) in [5, 5.41) is 9.01. The Balaban J connectivity index is 2.19. The van der Waals surface area contributed by atoms with Crippen LogP contribution >= 0.6 is 15.9 Å². The number of nitrogens with two attached hydrogens (primary N) is 1. The van der Waals surface area contributed by atoms with Crippen molar-refractivity contribution >= 4 is 31.6 Å². The van der Waals surface area contributed by atoms with Crippen molar-refractivity contribution in [3.8, 4) is 0 Å². The van der Waals surface area contributed by atoms with Gasteiger partial charge in [0, 0.05) is 23.3 Å². The lowest BCUT2D eigenvalue weighted by molar-refractivity contribution is 0.249. The molecule has 4 N–H and O–H groups in total. The summed E-state index contributed by atoms with van der Waals surface area (Å²) in [6, 6.07) is 3.24. The summed E-state index contributed by atoms with van der Waals surface area (Å²) in [6.07, 6.45) is 2.54. The van der Waals surface area contributed by atoms with Crippen LogP contribution in [0.5, 0.6) is 0 Å². The van der Waals surface area contributed by atoms with Crippen LogP contribution in [-0.2, 0) is 10.0 Å². The highest BCUT2D eigenvalue weighted by Gasteiger charge is 2.42. The molecule has 0 atom stereocenters. The lowest BCUT2D eigenvalue weighted by Crippen LogP contribution is -2.31. The first-order valence-electron chi connectivity index (χ1n) is 6.46. The largest absolute Gasteiger partial charge is 0.398 e. The highest BCUT2D eigenvalue weighted by Crippen LogP contribution is 2.48. The maximum atomic E-state index is 12.4. The van der Waals surface area contributed by atoms with E-state index in [1.165, 1.54) is 0 Å². The van der Waals surface area contributed by atoms with Crippen LogP contribution in [0.1, 0.15) is 24.8 Å². The number of anilines is 1. The number of halogens is 1. The van der Waals surface area contributed by atoms with E-state index in [9.17, 15) is 8.42 Å². The lowest BCUT2D eigenvalue weighted by atomic mass is 10.0. The van der Waals surface area contributed by atoms with Crippen LogP contribution in [0.15, 0.2) is 21.5 Å². The molecule has 20 heavy (non-hydrogen) atoms. The van der Waals surface area contributed by atoms with Gasteiger partial charge in [-0.05, 0) is 49.3 Å². The Bertz CT molecular complexity index is 612. The standard InChI is InChI=1S/C13H19BrN2O3S/c1-9-11(15)6-10(14)7-12(9)20(18,19)16-8-13(2-3-13)4-5-17/h6-7,16-17H,2-5,8,15H2,1H3. The van der Waals surface area contributed by atoms with Gasteiger partial charge in [-0.2, -0.15) is 0 Å². The van der Waals surface area contributed by atoms with E-state index < -0.39 is 10.0 Å². The van der Waals surface area contributed by atoms with Gasteiger partial charge < -0.3 is 10.8 Å². The second-order valence-electron chi connectivity index (χ2n) is 5.42. The number of rotatable bonds is 6. The maximum absolute atomic E-state index is 12.4. The molecule has 1 aromatic rings. The predicted molar refractivity (Wildman–Crippen MR) is 81.8 cm³/mol. The van der Waals surface area contributed by atoms with Crippen LogP contribution in [0.3, 0.4) is 0 Å². The van der Waals surface area contributed by atoms with Gasteiger partial charge in [0.1, 0.15) is 0 Å². The lowest BCUT2D eigenvalue weighted by Gasteiger charge is -2.16. The van der Waals surface area contributed by atoms with E-state index in [0.717, 1.165) is 12.8 Å². The van der Waals surface area contributed by atoms with Crippen LogP contribution in [-0.4, -0.2) is 26.7 Å². The van der Waals surface area contributed by atoms with E-state index in [1.54, 1.807) is 19.1 Å². The molecule has 0 aromatic heterocycles. The highest BCUT2D eigenvalue weighted by atomic mass is 79.9. The zero-order valence-electron chi connectivity index (χ0n) is 11.3. The predicted octanol–water partition coefficient (Wildman–Crippen LogP) is 1.78. The topological polar surface area (TPSA) is 92.4 Å². The number of hydrogen-bond acceptors (Lipinski definition) is 4. The van der Waals surface area contributed by atoms with E-state index in [4.69, 9.17) is 10.8 Å². The Labute approximate surface area is 127 Å². The van der Waals surface area contributed by atoms with Crippen molar-refractivity contribution in [1.82, 2.24) is 4.72 Å². The van der Waals surface area contributed by atoms with Gasteiger partial charge in [0.25, 0.3) is 0 Å². The summed E-state index contributed by atoms with van der Waals surface area (Å²) in [5.41, 5.74) is 6.73. The molecule has 0 saturated heterocycles.